The Bertz CT molecular complexity index is 598. The monoisotopic (exact) mass is 273 g/mol. The minimum absolute atomic E-state index is 0.0658. The van der Waals surface area contributed by atoms with Gasteiger partial charge in [0.25, 0.3) is 0 Å². The molecule has 7 nitrogen and oxygen atoms in total. The molecule has 0 saturated heterocycles. The summed E-state index contributed by atoms with van der Waals surface area (Å²) in [6, 6.07) is 3.62. The van der Waals surface area contributed by atoms with Gasteiger partial charge in [0.2, 0.25) is 0 Å². The van der Waals surface area contributed by atoms with Gasteiger partial charge in [-0.2, -0.15) is 0 Å². The first-order chi connectivity index (χ1) is 9.56. The van der Waals surface area contributed by atoms with Gasteiger partial charge in [0.1, 0.15) is 12.0 Å². The zero-order valence-electron chi connectivity index (χ0n) is 11.4. The third kappa shape index (κ3) is 3.47. The van der Waals surface area contributed by atoms with Gasteiger partial charge in [0.05, 0.1) is 0 Å². The fourth-order valence-corrected chi connectivity index (χ4v) is 1.59. The van der Waals surface area contributed by atoms with Crippen LogP contribution in [0.3, 0.4) is 0 Å². The van der Waals surface area contributed by atoms with Crippen LogP contribution in [0.5, 0.6) is 0 Å². The summed E-state index contributed by atoms with van der Waals surface area (Å²) in [5, 5.41) is 14.5. The SMILES string of the molecule is CN(C)c1ccnc(-c2cc[n+](CCC(=O)[O-])nc2)n1. The molecular weight excluding hydrogens is 258 g/mol. The number of rotatable bonds is 5. The summed E-state index contributed by atoms with van der Waals surface area (Å²) in [7, 11) is 3.81. The van der Waals surface area contributed by atoms with Crippen molar-refractivity contribution < 1.29 is 14.6 Å². The lowest BCUT2D eigenvalue weighted by Crippen LogP contribution is -2.40. The zero-order chi connectivity index (χ0) is 14.5. The number of aryl methyl sites for hydroxylation is 1. The maximum absolute atomic E-state index is 10.4. The Kier molecular flexibility index (Phi) is 4.19. The van der Waals surface area contributed by atoms with Crippen LogP contribution < -0.4 is 14.7 Å². The van der Waals surface area contributed by atoms with Crippen molar-refractivity contribution in [2.45, 2.75) is 13.0 Å². The molecule has 2 aromatic heterocycles. The van der Waals surface area contributed by atoms with Crippen LogP contribution in [0.4, 0.5) is 5.82 Å². The number of carbonyl (C=O) groups excluding carboxylic acids is 1. The van der Waals surface area contributed by atoms with E-state index in [0.717, 1.165) is 11.4 Å². The summed E-state index contributed by atoms with van der Waals surface area (Å²) in [5.74, 6) is 0.296. The first-order valence-electron chi connectivity index (χ1n) is 6.12. The molecule has 0 fully saturated rings. The Morgan fingerprint density at radius 3 is 2.80 bits per heavy atom. The molecule has 0 bridgehead atoms. The molecule has 20 heavy (non-hydrogen) atoms. The van der Waals surface area contributed by atoms with E-state index in [1.165, 1.54) is 4.68 Å². The van der Waals surface area contributed by atoms with Crippen LogP contribution in [0.25, 0.3) is 11.4 Å². The van der Waals surface area contributed by atoms with E-state index < -0.39 is 5.97 Å². The predicted octanol–water partition coefficient (Wildman–Crippen LogP) is -0.968. The highest BCUT2D eigenvalue weighted by molar-refractivity contribution is 5.63. The Morgan fingerprint density at radius 2 is 2.20 bits per heavy atom. The lowest BCUT2D eigenvalue weighted by atomic mass is 10.3. The normalized spacial score (nSPS) is 10.3. The molecule has 2 aromatic rings. The Hall–Kier alpha value is -2.57. The van der Waals surface area contributed by atoms with Gasteiger partial charge in [0.15, 0.2) is 18.6 Å². The fraction of sp³-hybridized carbons (Fsp3) is 0.308. The second kappa shape index (κ2) is 6.05. The highest BCUT2D eigenvalue weighted by Crippen LogP contribution is 2.14. The standard InChI is InChI=1S/C13H15N5O2/c1-17(2)11-3-6-14-13(16-11)10-4-7-18(15-9-10)8-5-12(19)20/h3-4,6-7,9H,5,8H2,1-2H3. The van der Waals surface area contributed by atoms with Crippen molar-refractivity contribution in [2.75, 3.05) is 19.0 Å². The molecular formula is C13H15N5O2. The number of anilines is 1. The average molecular weight is 273 g/mol. The van der Waals surface area contributed by atoms with Crippen molar-refractivity contribution in [1.29, 1.82) is 0 Å². The fourth-order valence-electron chi connectivity index (χ4n) is 1.59. The maximum Gasteiger partial charge on any atom is 0.197 e. The van der Waals surface area contributed by atoms with Gasteiger partial charge < -0.3 is 14.8 Å². The molecule has 0 saturated carbocycles. The summed E-state index contributed by atoms with van der Waals surface area (Å²) >= 11 is 0. The van der Waals surface area contributed by atoms with Crippen LogP contribution in [0, 0.1) is 0 Å². The van der Waals surface area contributed by atoms with Crippen molar-refractivity contribution in [3.05, 3.63) is 30.7 Å². The number of hydrogen-bond acceptors (Lipinski definition) is 6. The van der Waals surface area contributed by atoms with Gasteiger partial charge in [-0.15, -0.1) is 0 Å². The predicted molar refractivity (Wildman–Crippen MR) is 69.4 cm³/mol. The van der Waals surface area contributed by atoms with Gasteiger partial charge in [-0.05, 0) is 11.2 Å². The molecule has 0 N–H and O–H groups in total. The molecule has 0 unspecified atom stereocenters. The van der Waals surface area contributed by atoms with Crippen LogP contribution in [0.15, 0.2) is 30.7 Å². The van der Waals surface area contributed by atoms with Crippen molar-refractivity contribution in [3.8, 4) is 11.4 Å². The van der Waals surface area contributed by atoms with E-state index in [4.69, 9.17) is 0 Å². The van der Waals surface area contributed by atoms with Crippen molar-refractivity contribution >= 4 is 11.8 Å². The highest BCUT2D eigenvalue weighted by Gasteiger charge is 2.08. The van der Waals surface area contributed by atoms with Crippen LogP contribution in [-0.2, 0) is 11.3 Å². The molecule has 104 valence electrons. The van der Waals surface area contributed by atoms with Crippen LogP contribution >= 0.6 is 0 Å². The summed E-state index contributed by atoms with van der Waals surface area (Å²) in [4.78, 5) is 20.9. The minimum atomic E-state index is -1.09. The van der Waals surface area contributed by atoms with Crippen LogP contribution in [-0.4, -0.2) is 35.1 Å². The third-order valence-corrected chi connectivity index (χ3v) is 2.67. The Balaban J connectivity index is 2.17. The molecule has 0 spiro atoms. The van der Waals surface area contributed by atoms with E-state index in [-0.39, 0.29) is 13.0 Å². The first-order valence-corrected chi connectivity index (χ1v) is 6.12. The summed E-state index contributed by atoms with van der Waals surface area (Å²) in [6.45, 7) is 0.279. The molecule has 0 aliphatic heterocycles. The molecule has 2 rings (SSSR count). The number of nitrogens with zero attached hydrogens (tertiary/aromatic N) is 5. The number of aromatic nitrogens is 4. The van der Waals surface area contributed by atoms with E-state index in [9.17, 15) is 9.90 Å². The second-order valence-corrected chi connectivity index (χ2v) is 4.43. The maximum atomic E-state index is 10.4. The van der Waals surface area contributed by atoms with Crippen molar-refractivity contribution in [2.24, 2.45) is 0 Å². The number of aliphatic carboxylic acids is 1. The molecule has 2 heterocycles. The van der Waals surface area contributed by atoms with Gasteiger partial charge in [-0.25, -0.2) is 9.97 Å². The smallest absolute Gasteiger partial charge is 0.197 e. The van der Waals surface area contributed by atoms with Gasteiger partial charge in [-0.1, -0.05) is 4.68 Å². The van der Waals surface area contributed by atoms with E-state index in [1.54, 1.807) is 24.7 Å². The molecule has 0 aliphatic rings. The van der Waals surface area contributed by atoms with Crippen molar-refractivity contribution in [1.82, 2.24) is 15.1 Å². The minimum Gasteiger partial charge on any atom is -0.550 e. The second-order valence-electron chi connectivity index (χ2n) is 4.43. The van der Waals surface area contributed by atoms with Gasteiger partial charge >= 0.3 is 0 Å². The number of carboxylic acid groups (broad SMARTS) is 1. The topological polar surface area (TPSA) is 85.9 Å². The lowest BCUT2D eigenvalue weighted by molar-refractivity contribution is -0.753. The first kappa shape index (κ1) is 13.9. The Labute approximate surface area is 116 Å². The zero-order valence-corrected chi connectivity index (χ0v) is 11.4. The quantitative estimate of drug-likeness (QED) is 0.652. The van der Waals surface area contributed by atoms with E-state index in [0.29, 0.717) is 5.82 Å². The molecule has 0 amide bonds. The highest BCUT2D eigenvalue weighted by atomic mass is 16.4. The molecule has 0 radical (unpaired) electrons. The Morgan fingerprint density at radius 1 is 1.40 bits per heavy atom. The number of carbonyl (C=O) groups is 1. The van der Waals surface area contributed by atoms with Crippen molar-refractivity contribution in [3.63, 3.8) is 0 Å². The summed E-state index contributed by atoms with van der Waals surface area (Å²) in [5.41, 5.74) is 0.776. The lowest BCUT2D eigenvalue weighted by Gasteiger charge is -2.11. The van der Waals surface area contributed by atoms with Gasteiger partial charge in [-0.3, -0.25) is 0 Å². The average Bonchev–Trinajstić information content (AvgIpc) is 2.46. The number of carboxylic acids is 1. The summed E-state index contributed by atoms with van der Waals surface area (Å²) in [6.07, 6.45) is 4.94. The van der Waals surface area contributed by atoms with Crippen LogP contribution in [0.1, 0.15) is 6.42 Å². The van der Waals surface area contributed by atoms with Gasteiger partial charge in [0, 0.05) is 44.3 Å². The third-order valence-electron chi connectivity index (χ3n) is 2.67. The van der Waals surface area contributed by atoms with E-state index in [1.807, 2.05) is 25.1 Å². The largest absolute Gasteiger partial charge is 0.550 e. The molecule has 0 aliphatic carbocycles. The summed E-state index contributed by atoms with van der Waals surface area (Å²) < 4.78 is 1.54. The molecule has 0 atom stereocenters. The number of hydrogen-bond donors (Lipinski definition) is 0. The van der Waals surface area contributed by atoms with E-state index >= 15 is 0 Å². The van der Waals surface area contributed by atoms with E-state index in [2.05, 4.69) is 15.1 Å². The molecule has 0 aromatic carbocycles. The molecule has 7 heteroatoms. The van der Waals surface area contributed by atoms with Crippen LogP contribution in [0.2, 0.25) is 0 Å².